The Balaban J connectivity index is -0.0000000267. The van der Waals surface area contributed by atoms with Crippen LogP contribution in [0.1, 0.15) is 0 Å². The summed E-state index contributed by atoms with van der Waals surface area (Å²) in [5.74, 6) is 0. The molecule has 0 saturated heterocycles. The maximum atomic E-state index is 8.74. The largest absolute Gasteiger partial charge is 0.412 e. The van der Waals surface area contributed by atoms with Crippen LogP contribution in [0.5, 0.6) is 0 Å². The zero-order valence-electron chi connectivity index (χ0n) is 5.45. The minimum absolute atomic E-state index is 0. The molecule has 0 bridgehead atoms. The Morgan fingerprint density at radius 1 is 0.615 bits per heavy atom. The van der Waals surface area contributed by atoms with Crippen molar-refractivity contribution in [3.8, 4) is 0 Å². The summed E-state index contributed by atoms with van der Waals surface area (Å²) in [6.45, 7) is 0. The second-order valence-electron chi connectivity index (χ2n) is 0.896. The van der Waals surface area contributed by atoms with Crippen molar-refractivity contribution < 1.29 is 74.7 Å². The molecule has 0 aromatic carbocycles. The molecule has 0 saturated carbocycles. The maximum Gasteiger partial charge on any atom is 0.394 e. The van der Waals surface area contributed by atoms with Crippen molar-refractivity contribution in [2.45, 2.75) is 0 Å². The van der Waals surface area contributed by atoms with Crippen LogP contribution in [0.25, 0.3) is 0 Å². The number of hydrogen-bond donors (Lipinski definition) is 4. The Hall–Kier alpha value is 0.739. The fourth-order valence-electron chi connectivity index (χ4n) is 0. The minimum Gasteiger partial charge on any atom is -0.412 e. The molecule has 0 aliphatic rings. The van der Waals surface area contributed by atoms with Crippen LogP contribution in [0.3, 0.4) is 0 Å². The Morgan fingerprint density at radius 3 is 0.615 bits per heavy atom. The quantitative estimate of drug-likeness (QED) is 0.287. The molecular formula is H6Fe2O9S2. The Labute approximate surface area is 95.3 Å². The van der Waals surface area contributed by atoms with Crippen molar-refractivity contribution in [1.29, 1.82) is 0 Å². The van der Waals surface area contributed by atoms with Crippen molar-refractivity contribution in [2.75, 3.05) is 0 Å². The van der Waals surface area contributed by atoms with E-state index >= 15 is 0 Å². The molecule has 0 radical (unpaired) electrons. The van der Waals surface area contributed by atoms with Gasteiger partial charge in [0, 0.05) is 34.1 Å². The van der Waals surface area contributed by atoms with Gasteiger partial charge < -0.3 is 5.48 Å². The van der Waals surface area contributed by atoms with Crippen LogP contribution in [0.2, 0.25) is 0 Å². The van der Waals surface area contributed by atoms with E-state index in [1.165, 1.54) is 0 Å². The van der Waals surface area contributed by atoms with Crippen molar-refractivity contribution in [1.82, 2.24) is 0 Å². The SMILES string of the molecule is O.O=S(=O)(O)O.O=S(=O)(O)O.[Fe].[Fe]. The fourth-order valence-corrected chi connectivity index (χ4v) is 0. The summed E-state index contributed by atoms with van der Waals surface area (Å²) in [7, 11) is -9.33. The van der Waals surface area contributed by atoms with E-state index < -0.39 is 20.8 Å². The van der Waals surface area contributed by atoms with E-state index in [-0.39, 0.29) is 39.6 Å². The van der Waals surface area contributed by atoms with Crippen molar-refractivity contribution in [3.63, 3.8) is 0 Å². The molecule has 0 heterocycles. The van der Waals surface area contributed by atoms with Crippen molar-refractivity contribution >= 4 is 20.8 Å². The molecule has 0 amide bonds. The summed E-state index contributed by atoms with van der Waals surface area (Å²) in [5, 5.41) is 0. The standard InChI is InChI=1S/2Fe.2H2O4S.H2O/c;;2*1-5(2,3)4;/h;;2*(H2,1,2,3,4);1H2. The van der Waals surface area contributed by atoms with E-state index in [0.717, 1.165) is 0 Å². The van der Waals surface area contributed by atoms with Gasteiger partial charge in [-0.1, -0.05) is 0 Å². The third-order valence-electron chi connectivity index (χ3n) is 0. The fraction of sp³-hybridized carbons (Fsp3) is 0. The number of hydrogen-bond acceptors (Lipinski definition) is 4. The van der Waals surface area contributed by atoms with Gasteiger partial charge in [0.1, 0.15) is 0 Å². The number of rotatable bonds is 0. The van der Waals surface area contributed by atoms with Crippen LogP contribution in [0.4, 0.5) is 0 Å². The average molecular weight is 326 g/mol. The van der Waals surface area contributed by atoms with Gasteiger partial charge in [0.15, 0.2) is 0 Å². The first kappa shape index (κ1) is 29.2. The second-order valence-corrected chi connectivity index (χ2v) is 2.69. The third kappa shape index (κ3) is 2690. The molecule has 0 spiro atoms. The molecule has 0 rings (SSSR count). The first-order chi connectivity index (χ1) is 4.00. The van der Waals surface area contributed by atoms with Gasteiger partial charge in [-0.3, -0.25) is 18.2 Å². The van der Waals surface area contributed by atoms with Crippen molar-refractivity contribution in [3.05, 3.63) is 0 Å². The Morgan fingerprint density at radius 2 is 0.615 bits per heavy atom. The van der Waals surface area contributed by atoms with E-state index in [4.69, 9.17) is 35.0 Å². The predicted molar refractivity (Wildman–Crippen MR) is 32.0 cm³/mol. The first-order valence-electron chi connectivity index (χ1n) is 1.40. The molecule has 0 fully saturated rings. The molecule has 0 unspecified atom stereocenters. The molecule has 0 aliphatic heterocycles. The summed E-state index contributed by atoms with van der Waals surface area (Å²) in [6, 6.07) is 0. The van der Waals surface area contributed by atoms with E-state index in [9.17, 15) is 0 Å². The summed E-state index contributed by atoms with van der Waals surface area (Å²) < 4.78 is 63.2. The Kier molecular flexibility index (Phi) is 24.3. The van der Waals surface area contributed by atoms with Crippen LogP contribution < -0.4 is 0 Å². The summed E-state index contributed by atoms with van der Waals surface area (Å²) >= 11 is 0. The zero-order valence-corrected chi connectivity index (χ0v) is 9.29. The summed E-state index contributed by atoms with van der Waals surface area (Å²) in [6.07, 6.45) is 0. The molecule has 6 N–H and O–H groups in total. The average Bonchev–Trinajstić information content (AvgIpc) is 1.12. The predicted octanol–water partition coefficient (Wildman–Crippen LogP) is -2.14. The molecule has 0 aromatic rings. The Bertz CT molecular complexity index is 212. The van der Waals surface area contributed by atoms with Gasteiger partial charge in [0.05, 0.1) is 0 Å². The van der Waals surface area contributed by atoms with Crippen LogP contribution >= 0.6 is 0 Å². The van der Waals surface area contributed by atoms with Crippen molar-refractivity contribution in [2.24, 2.45) is 0 Å². The normalized spacial score (nSPS) is 8.92. The topological polar surface area (TPSA) is 181 Å². The van der Waals surface area contributed by atoms with Crippen LogP contribution in [0.15, 0.2) is 0 Å². The molecule has 88 valence electrons. The molecule has 0 aliphatic carbocycles. The van der Waals surface area contributed by atoms with Gasteiger partial charge in [-0.25, -0.2) is 0 Å². The van der Waals surface area contributed by atoms with E-state index in [1.54, 1.807) is 0 Å². The molecular weight excluding hydrogens is 320 g/mol. The van der Waals surface area contributed by atoms with E-state index in [2.05, 4.69) is 0 Å². The van der Waals surface area contributed by atoms with Gasteiger partial charge in [-0.15, -0.1) is 0 Å². The van der Waals surface area contributed by atoms with Gasteiger partial charge in [-0.2, -0.15) is 16.8 Å². The smallest absolute Gasteiger partial charge is 0.394 e. The molecule has 0 atom stereocenters. The summed E-state index contributed by atoms with van der Waals surface area (Å²) in [4.78, 5) is 0. The third-order valence-corrected chi connectivity index (χ3v) is 0. The van der Waals surface area contributed by atoms with Gasteiger partial charge in [0.2, 0.25) is 0 Å². The van der Waals surface area contributed by atoms with Crippen LogP contribution in [-0.2, 0) is 54.9 Å². The molecule has 13 heavy (non-hydrogen) atoms. The monoisotopic (exact) mass is 326 g/mol. The maximum absolute atomic E-state index is 8.74. The van der Waals surface area contributed by atoms with Crippen LogP contribution in [0, 0.1) is 0 Å². The molecule has 0 aromatic heterocycles. The summed E-state index contributed by atoms with van der Waals surface area (Å²) in [5.41, 5.74) is 0. The zero-order chi connectivity index (χ0) is 9.00. The second kappa shape index (κ2) is 10.8. The van der Waals surface area contributed by atoms with E-state index in [1.807, 2.05) is 0 Å². The molecule has 9 nitrogen and oxygen atoms in total. The van der Waals surface area contributed by atoms with Gasteiger partial charge in [0.25, 0.3) is 0 Å². The van der Waals surface area contributed by atoms with Crippen LogP contribution in [-0.4, -0.2) is 40.5 Å². The van der Waals surface area contributed by atoms with E-state index in [0.29, 0.717) is 0 Å². The van der Waals surface area contributed by atoms with Gasteiger partial charge >= 0.3 is 20.8 Å². The minimum atomic E-state index is -4.67. The first-order valence-corrected chi connectivity index (χ1v) is 4.19. The van der Waals surface area contributed by atoms with Gasteiger partial charge in [-0.05, 0) is 0 Å². The molecule has 13 heteroatoms.